The van der Waals surface area contributed by atoms with Crippen molar-refractivity contribution >= 4 is 26.2 Å². The standard InChI is InChI=1S/C9H9O.3CO.Mn/c1-3-9(10)8-6-4-5-7(8)2;3*1-2;/h3,6H,1,4H2,2H3;;;;. The van der Waals surface area contributed by atoms with Crippen LogP contribution >= 0.6 is 0 Å². The van der Waals surface area contributed by atoms with Crippen LogP contribution in [0.3, 0.4) is 0 Å². The van der Waals surface area contributed by atoms with Crippen LogP contribution in [0, 0.1) is 0 Å². The first kappa shape index (κ1) is 20.8. The fourth-order valence-corrected chi connectivity index (χ4v) is 1.32. The van der Waals surface area contributed by atoms with E-state index in [0.717, 1.165) is 22.0 Å². The summed E-state index contributed by atoms with van der Waals surface area (Å²) < 4.78 is 1.10. The third kappa shape index (κ3) is 7.33. The molecule has 0 heterocycles. The summed E-state index contributed by atoms with van der Waals surface area (Å²) in [5.74, 6) is 0.0111. The quantitative estimate of drug-likeness (QED) is 0.548. The number of hydrogen-bond donors (Lipinski definition) is 0. The Balaban J connectivity index is -0.000000285. The molecule has 0 spiro atoms. The number of carbonyl (C=O) groups is 1. The van der Waals surface area contributed by atoms with Gasteiger partial charge in [-0.1, -0.05) is 0 Å². The van der Waals surface area contributed by atoms with Gasteiger partial charge >= 0.3 is 74.3 Å². The molecule has 17 heavy (non-hydrogen) atoms. The summed E-state index contributed by atoms with van der Waals surface area (Å²) in [7, 11) is 0. The van der Waals surface area contributed by atoms with Gasteiger partial charge in [0.1, 0.15) is 0 Å². The Morgan fingerprint density at radius 3 is 1.94 bits per heavy atom. The minimum absolute atomic E-state index is 0.0111. The molecule has 0 aromatic heterocycles. The zero-order valence-corrected chi connectivity index (χ0v) is 10.3. The van der Waals surface area contributed by atoms with Crippen LogP contribution in [-0.4, -0.2) is 26.2 Å². The van der Waals surface area contributed by atoms with Gasteiger partial charge < -0.3 is 0 Å². The van der Waals surface area contributed by atoms with Gasteiger partial charge in [-0.05, 0) is 0 Å². The Morgan fingerprint density at radius 1 is 1.29 bits per heavy atom. The van der Waals surface area contributed by atoms with E-state index < -0.39 is 0 Å². The van der Waals surface area contributed by atoms with Crippen molar-refractivity contribution in [2.75, 3.05) is 0 Å². The Bertz CT molecular complexity index is 314. The van der Waals surface area contributed by atoms with Crippen molar-refractivity contribution in [2.45, 2.75) is 13.3 Å². The average molecular weight is 272 g/mol. The van der Waals surface area contributed by atoms with Crippen molar-refractivity contribution in [3.05, 3.63) is 34.3 Å². The van der Waals surface area contributed by atoms with Crippen LogP contribution in [0.4, 0.5) is 0 Å². The molecule has 0 aromatic carbocycles. The van der Waals surface area contributed by atoms with Gasteiger partial charge in [-0.2, -0.15) is 0 Å². The van der Waals surface area contributed by atoms with E-state index in [1.165, 1.54) is 6.08 Å². The summed E-state index contributed by atoms with van der Waals surface area (Å²) in [6, 6.07) is 0. The first-order valence-electron chi connectivity index (χ1n) is 4.00. The molecule has 88 valence electrons. The summed E-state index contributed by atoms with van der Waals surface area (Å²) in [6.45, 7) is 18.9. The molecule has 0 fully saturated rings. The van der Waals surface area contributed by atoms with Crippen LogP contribution < -0.4 is 0 Å². The number of ketones is 1. The second kappa shape index (κ2) is 14.4. The van der Waals surface area contributed by atoms with Crippen LogP contribution in [0.2, 0.25) is 0 Å². The van der Waals surface area contributed by atoms with E-state index in [4.69, 9.17) is 14.4 Å². The van der Waals surface area contributed by atoms with Gasteiger partial charge in [-0.3, -0.25) is 14.4 Å². The first-order valence-corrected chi connectivity index (χ1v) is 4.59. The van der Waals surface area contributed by atoms with Gasteiger partial charge in [-0.25, -0.2) is 0 Å². The number of allylic oxidation sites excluding steroid dienone is 5. The first-order chi connectivity index (χ1) is 8.16. The molecule has 0 saturated carbocycles. The zero-order chi connectivity index (χ0) is 14.4. The molecule has 0 amide bonds. The third-order valence-corrected chi connectivity index (χ3v) is 2.43. The van der Waals surface area contributed by atoms with Gasteiger partial charge in [-0.15, -0.1) is 0 Å². The summed E-state index contributed by atoms with van der Waals surface area (Å²) in [6.07, 6.45) is 4.10. The zero-order valence-electron chi connectivity index (χ0n) is 9.08. The molecular formula is C12H9MnO4. The van der Waals surface area contributed by atoms with Crippen molar-refractivity contribution in [1.29, 1.82) is 0 Å². The molecule has 0 aliphatic heterocycles. The predicted molar refractivity (Wildman–Crippen MR) is 57.7 cm³/mol. The Labute approximate surface area is 109 Å². The minimum Gasteiger partial charge on any atom is -0.281 e. The molecule has 0 aromatic rings. The molecule has 0 bridgehead atoms. The Morgan fingerprint density at radius 2 is 1.71 bits per heavy atom. The van der Waals surface area contributed by atoms with Crippen LogP contribution in [0.15, 0.2) is 34.3 Å². The maximum Gasteiger partial charge on any atom is 0.281 e. The van der Waals surface area contributed by atoms with Crippen molar-refractivity contribution < 1.29 is 35.2 Å². The second-order valence-corrected chi connectivity index (χ2v) is 3.13. The summed E-state index contributed by atoms with van der Waals surface area (Å²) in [5, 5.41) is 0. The topological polar surface area (TPSA) is 68.3 Å². The van der Waals surface area contributed by atoms with Crippen LogP contribution in [0.25, 0.3) is 0 Å². The van der Waals surface area contributed by atoms with Crippen LogP contribution in [0.5, 0.6) is 0 Å². The van der Waals surface area contributed by atoms with Gasteiger partial charge in [0, 0.05) is 0 Å². The fourth-order valence-electron chi connectivity index (χ4n) is 1.04. The third-order valence-electron chi connectivity index (χ3n) is 1.75. The monoisotopic (exact) mass is 272 g/mol. The van der Waals surface area contributed by atoms with E-state index in [0.29, 0.717) is 0 Å². The minimum atomic E-state index is 0.0111. The summed E-state index contributed by atoms with van der Waals surface area (Å²) in [4.78, 5) is 33.6. The summed E-state index contributed by atoms with van der Waals surface area (Å²) >= 11 is 3.38. The molecule has 6 radical (unpaired) electrons. The van der Waals surface area contributed by atoms with Crippen LogP contribution in [-0.2, 0) is 35.2 Å². The molecule has 0 unspecified atom stereocenters. The molecule has 5 heteroatoms. The van der Waals surface area contributed by atoms with E-state index in [-0.39, 0.29) is 5.78 Å². The molecule has 1 aliphatic rings. The number of hydrogen-bond acceptors (Lipinski definition) is 4. The van der Waals surface area contributed by atoms with Gasteiger partial charge in [0.2, 0.25) is 0 Å². The normalized spacial score (nSPS) is 11.5. The molecule has 1 aliphatic carbocycles. The smallest absolute Gasteiger partial charge is 0.281 e. The molecular weight excluding hydrogens is 263 g/mol. The maximum absolute atomic E-state index is 11.1. The SMILES string of the molecule is C=CC(=O)C1=CC[C]([Mn])=C1C.[C]=O.[C]=O.[C]=O. The average Bonchev–Trinajstić information content (AvgIpc) is 2.76. The number of rotatable bonds is 2. The second-order valence-electron chi connectivity index (χ2n) is 2.42. The van der Waals surface area contributed by atoms with Gasteiger partial charge in [0.25, 0.3) is 20.4 Å². The largest absolute Gasteiger partial charge is 0.281 e. The molecule has 4 nitrogen and oxygen atoms in total. The van der Waals surface area contributed by atoms with Crippen molar-refractivity contribution in [1.82, 2.24) is 0 Å². The molecule has 1 rings (SSSR count). The Kier molecular flexibility index (Phi) is 17.6. The molecule has 0 saturated heterocycles. The van der Waals surface area contributed by atoms with E-state index >= 15 is 0 Å². The predicted octanol–water partition coefficient (Wildman–Crippen LogP) is 0.701. The van der Waals surface area contributed by atoms with E-state index in [1.54, 1.807) is 0 Å². The van der Waals surface area contributed by atoms with Crippen LogP contribution in [0.1, 0.15) is 13.3 Å². The van der Waals surface area contributed by atoms with E-state index in [9.17, 15) is 4.79 Å². The molecule has 0 atom stereocenters. The number of carbonyl (C=O) groups excluding carboxylic acids is 4. The van der Waals surface area contributed by atoms with Gasteiger partial charge in [0.15, 0.2) is 0 Å². The van der Waals surface area contributed by atoms with Crippen molar-refractivity contribution in [3.8, 4) is 0 Å². The van der Waals surface area contributed by atoms with E-state index in [2.05, 4.69) is 43.0 Å². The van der Waals surface area contributed by atoms with E-state index in [1.807, 2.05) is 13.0 Å². The van der Waals surface area contributed by atoms with Gasteiger partial charge in [0.05, 0.1) is 0 Å². The Hall–Kier alpha value is -1.58. The fraction of sp³-hybridized carbons (Fsp3) is 0.167. The van der Waals surface area contributed by atoms with Crippen molar-refractivity contribution in [3.63, 3.8) is 0 Å². The maximum atomic E-state index is 11.1. The summed E-state index contributed by atoms with van der Waals surface area (Å²) in [5.41, 5.74) is 1.82. The van der Waals surface area contributed by atoms with Crippen molar-refractivity contribution in [2.24, 2.45) is 0 Å². The molecule has 0 N–H and O–H groups in total.